The second-order valence-electron chi connectivity index (χ2n) is 2.74. The zero-order chi connectivity index (χ0) is 9.52. The number of rotatable bonds is 4. The molecule has 1 aromatic carbocycles. The van der Waals surface area contributed by atoms with Crippen LogP contribution in [0.15, 0.2) is 30.3 Å². The fraction of sp³-hybridized carbons (Fsp3) is 0.273. The molecule has 0 bridgehead atoms. The van der Waals surface area contributed by atoms with Crippen molar-refractivity contribution >= 4 is 5.97 Å². The zero-order valence-electron chi connectivity index (χ0n) is 7.53. The van der Waals surface area contributed by atoms with Gasteiger partial charge in [-0.15, -0.1) is 0 Å². The number of para-hydroxylation sites is 1. The summed E-state index contributed by atoms with van der Waals surface area (Å²) < 4.78 is 5.05. The SMILES string of the molecule is [CH2]CCCC(=O)Oc1ccccc1. The smallest absolute Gasteiger partial charge is 0.311 e. The quantitative estimate of drug-likeness (QED) is 0.522. The molecule has 0 saturated heterocycles. The van der Waals surface area contributed by atoms with E-state index in [1.54, 1.807) is 12.1 Å². The molecule has 0 spiro atoms. The molecule has 2 heteroatoms. The van der Waals surface area contributed by atoms with Crippen molar-refractivity contribution in [3.05, 3.63) is 37.3 Å². The van der Waals surface area contributed by atoms with E-state index in [4.69, 9.17) is 4.74 Å². The zero-order valence-corrected chi connectivity index (χ0v) is 7.53. The first-order valence-electron chi connectivity index (χ1n) is 4.38. The van der Waals surface area contributed by atoms with Gasteiger partial charge in [-0.05, 0) is 18.6 Å². The van der Waals surface area contributed by atoms with Crippen LogP contribution in [-0.4, -0.2) is 5.97 Å². The molecule has 1 rings (SSSR count). The molecule has 0 aliphatic heterocycles. The molecule has 1 radical (unpaired) electrons. The van der Waals surface area contributed by atoms with Gasteiger partial charge in [-0.3, -0.25) is 4.79 Å². The molecule has 0 unspecified atom stereocenters. The van der Waals surface area contributed by atoms with Gasteiger partial charge in [-0.1, -0.05) is 31.5 Å². The number of esters is 1. The number of benzene rings is 1. The van der Waals surface area contributed by atoms with E-state index in [2.05, 4.69) is 6.92 Å². The molecule has 0 aliphatic rings. The molecule has 0 amide bonds. The second-order valence-corrected chi connectivity index (χ2v) is 2.74. The Bertz CT molecular complexity index is 254. The Labute approximate surface area is 78.5 Å². The number of hydrogen-bond acceptors (Lipinski definition) is 2. The average molecular weight is 177 g/mol. The predicted molar refractivity (Wildman–Crippen MR) is 51.3 cm³/mol. The highest BCUT2D eigenvalue weighted by atomic mass is 16.5. The van der Waals surface area contributed by atoms with Gasteiger partial charge < -0.3 is 4.74 Å². The summed E-state index contributed by atoms with van der Waals surface area (Å²) in [4.78, 5) is 11.1. The molecule has 0 fully saturated rings. The Morgan fingerprint density at radius 1 is 1.31 bits per heavy atom. The maximum atomic E-state index is 11.1. The van der Waals surface area contributed by atoms with Crippen molar-refractivity contribution in [3.8, 4) is 5.75 Å². The van der Waals surface area contributed by atoms with Gasteiger partial charge in [0.2, 0.25) is 0 Å². The molecule has 13 heavy (non-hydrogen) atoms. The van der Waals surface area contributed by atoms with Crippen LogP contribution in [-0.2, 0) is 4.79 Å². The lowest BCUT2D eigenvalue weighted by Gasteiger charge is -2.02. The summed E-state index contributed by atoms with van der Waals surface area (Å²) in [5.74, 6) is 0.423. The third-order valence-electron chi connectivity index (χ3n) is 1.61. The third kappa shape index (κ3) is 3.74. The monoisotopic (exact) mass is 177 g/mol. The summed E-state index contributed by atoms with van der Waals surface area (Å²) >= 11 is 0. The molecular weight excluding hydrogens is 164 g/mol. The van der Waals surface area contributed by atoms with Crippen LogP contribution in [0, 0.1) is 6.92 Å². The summed E-state index contributed by atoms with van der Waals surface area (Å²) in [6.07, 6.45) is 1.99. The van der Waals surface area contributed by atoms with Crippen molar-refractivity contribution < 1.29 is 9.53 Å². The highest BCUT2D eigenvalue weighted by Gasteiger charge is 2.02. The first kappa shape index (κ1) is 9.78. The maximum absolute atomic E-state index is 11.1. The molecule has 0 atom stereocenters. The van der Waals surface area contributed by atoms with Gasteiger partial charge in [0.25, 0.3) is 0 Å². The van der Waals surface area contributed by atoms with E-state index in [9.17, 15) is 4.79 Å². The molecule has 0 saturated carbocycles. The third-order valence-corrected chi connectivity index (χ3v) is 1.61. The number of unbranched alkanes of at least 4 members (excludes halogenated alkanes) is 1. The topological polar surface area (TPSA) is 26.3 Å². The number of carbonyl (C=O) groups is 1. The number of hydrogen-bond donors (Lipinski definition) is 0. The standard InChI is InChI=1S/C11H13O2/c1-2-3-9-11(12)13-10-7-5-4-6-8-10/h4-8H,1-3,9H2. The largest absolute Gasteiger partial charge is 0.427 e. The van der Waals surface area contributed by atoms with E-state index in [1.165, 1.54) is 0 Å². The molecule has 2 nitrogen and oxygen atoms in total. The Balaban J connectivity index is 2.37. The van der Waals surface area contributed by atoms with Crippen molar-refractivity contribution in [2.45, 2.75) is 19.3 Å². The van der Waals surface area contributed by atoms with Crippen LogP contribution in [0.25, 0.3) is 0 Å². The van der Waals surface area contributed by atoms with E-state index in [-0.39, 0.29) is 5.97 Å². The van der Waals surface area contributed by atoms with Gasteiger partial charge in [0.1, 0.15) is 5.75 Å². The lowest BCUT2D eigenvalue weighted by Crippen LogP contribution is -2.06. The van der Waals surface area contributed by atoms with E-state index in [0.29, 0.717) is 12.2 Å². The summed E-state index contributed by atoms with van der Waals surface area (Å²) in [6, 6.07) is 9.09. The summed E-state index contributed by atoms with van der Waals surface area (Å²) in [6.45, 7) is 3.66. The fourth-order valence-corrected chi connectivity index (χ4v) is 0.940. The molecule has 69 valence electrons. The van der Waals surface area contributed by atoms with E-state index >= 15 is 0 Å². The summed E-state index contributed by atoms with van der Waals surface area (Å²) in [5.41, 5.74) is 0. The van der Waals surface area contributed by atoms with Crippen molar-refractivity contribution in [2.24, 2.45) is 0 Å². The fourth-order valence-electron chi connectivity index (χ4n) is 0.940. The molecule has 0 aromatic heterocycles. The maximum Gasteiger partial charge on any atom is 0.311 e. The van der Waals surface area contributed by atoms with Gasteiger partial charge in [-0.2, -0.15) is 0 Å². The Hall–Kier alpha value is -1.31. The van der Waals surface area contributed by atoms with Crippen LogP contribution in [0.1, 0.15) is 19.3 Å². The lowest BCUT2D eigenvalue weighted by molar-refractivity contribution is -0.134. The van der Waals surface area contributed by atoms with Crippen LogP contribution in [0.2, 0.25) is 0 Å². The normalized spacial score (nSPS) is 9.62. The highest BCUT2D eigenvalue weighted by Crippen LogP contribution is 2.09. The minimum Gasteiger partial charge on any atom is -0.427 e. The molecular formula is C11H13O2. The molecule has 0 aliphatic carbocycles. The Morgan fingerprint density at radius 2 is 2.00 bits per heavy atom. The number of ether oxygens (including phenoxy) is 1. The second kappa shape index (κ2) is 5.36. The van der Waals surface area contributed by atoms with Crippen LogP contribution in [0.4, 0.5) is 0 Å². The minimum atomic E-state index is -0.185. The molecule has 0 heterocycles. The first-order valence-corrected chi connectivity index (χ1v) is 4.38. The summed E-state index contributed by atoms with van der Waals surface area (Å²) in [5, 5.41) is 0. The van der Waals surface area contributed by atoms with E-state index in [1.807, 2.05) is 18.2 Å². The Morgan fingerprint density at radius 3 is 2.62 bits per heavy atom. The van der Waals surface area contributed by atoms with Gasteiger partial charge in [-0.25, -0.2) is 0 Å². The van der Waals surface area contributed by atoms with Crippen LogP contribution < -0.4 is 4.74 Å². The molecule has 1 aromatic rings. The van der Waals surface area contributed by atoms with Crippen LogP contribution in [0.5, 0.6) is 5.75 Å². The van der Waals surface area contributed by atoms with Crippen molar-refractivity contribution in [3.63, 3.8) is 0 Å². The van der Waals surface area contributed by atoms with E-state index in [0.717, 1.165) is 12.8 Å². The van der Waals surface area contributed by atoms with Crippen LogP contribution >= 0.6 is 0 Å². The van der Waals surface area contributed by atoms with Gasteiger partial charge >= 0.3 is 5.97 Å². The lowest BCUT2D eigenvalue weighted by atomic mass is 10.2. The number of carbonyl (C=O) groups excluding carboxylic acids is 1. The highest BCUT2D eigenvalue weighted by molar-refractivity contribution is 5.72. The minimum absolute atomic E-state index is 0.185. The van der Waals surface area contributed by atoms with Crippen molar-refractivity contribution in [1.82, 2.24) is 0 Å². The van der Waals surface area contributed by atoms with Gasteiger partial charge in [0.05, 0.1) is 0 Å². The predicted octanol–water partition coefficient (Wildman–Crippen LogP) is 2.60. The molecule has 0 N–H and O–H groups in total. The first-order chi connectivity index (χ1) is 6.33. The van der Waals surface area contributed by atoms with Crippen molar-refractivity contribution in [2.75, 3.05) is 0 Å². The van der Waals surface area contributed by atoms with Gasteiger partial charge in [0.15, 0.2) is 0 Å². The van der Waals surface area contributed by atoms with Gasteiger partial charge in [0, 0.05) is 6.42 Å². The average Bonchev–Trinajstić information content (AvgIpc) is 2.16. The summed E-state index contributed by atoms with van der Waals surface area (Å²) in [7, 11) is 0. The van der Waals surface area contributed by atoms with Crippen molar-refractivity contribution in [1.29, 1.82) is 0 Å². The van der Waals surface area contributed by atoms with Crippen LogP contribution in [0.3, 0.4) is 0 Å². The van der Waals surface area contributed by atoms with E-state index < -0.39 is 0 Å². The Kier molecular flexibility index (Phi) is 4.03.